The van der Waals surface area contributed by atoms with Crippen LogP contribution < -0.4 is 16.0 Å². The van der Waals surface area contributed by atoms with Crippen LogP contribution in [0.3, 0.4) is 0 Å². The second kappa shape index (κ2) is 8.10. The number of nitrogens with one attached hydrogen (secondary N) is 3. The SMILES string of the molecule is CC(C)C(=O)Nc1cccc(CNC(=O)Nc2ccccc2F)c1. The van der Waals surface area contributed by atoms with Gasteiger partial charge in [0.2, 0.25) is 5.91 Å². The average Bonchev–Trinajstić information content (AvgIpc) is 2.55. The fraction of sp³-hybridized carbons (Fsp3) is 0.222. The summed E-state index contributed by atoms with van der Waals surface area (Å²) in [5.41, 5.74) is 1.61. The van der Waals surface area contributed by atoms with Gasteiger partial charge < -0.3 is 16.0 Å². The van der Waals surface area contributed by atoms with Crippen LogP contribution in [0.25, 0.3) is 0 Å². The Hall–Kier alpha value is -2.89. The van der Waals surface area contributed by atoms with Gasteiger partial charge in [0.25, 0.3) is 0 Å². The average molecular weight is 329 g/mol. The molecule has 2 aromatic rings. The number of para-hydroxylation sites is 1. The normalized spacial score (nSPS) is 10.3. The molecule has 5 nitrogen and oxygen atoms in total. The molecule has 2 rings (SSSR count). The molecule has 126 valence electrons. The van der Waals surface area contributed by atoms with Crippen molar-refractivity contribution >= 4 is 23.3 Å². The lowest BCUT2D eigenvalue weighted by Crippen LogP contribution is -2.28. The second-order valence-electron chi connectivity index (χ2n) is 5.63. The first-order valence-electron chi connectivity index (χ1n) is 7.65. The molecule has 0 fully saturated rings. The largest absolute Gasteiger partial charge is 0.334 e. The summed E-state index contributed by atoms with van der Waals surface area (Å²) in [5.74, 6) is -0.679. The molecule has 6 heteroatoms. The number of rotatable bonds is 5. The second-order valence-corrected chi connectivity index (χ2v) is 5.63. The smallest absolute Gasteiger partial charge is 0.319 e. The molecular formula is C18H20FN3O2. The standard InChI is InChI=1S/C18H20FN3O2/c1-12(2)17(23)21-14-7-5-6-13(10-14)11-20-18(24)22-16-9-4-3-8-15(16)19/h3-10,12H,11H2,1-2H3,(H,21,23)(H2,20,22,24). The van der Waals surface area contributed by atoms with Crippen molar-refractivity contribution in [3.63, 3.8) is 0 Å². The summed E-state index contributed by atoms with van der Waals surface area (Å²) in [6.07, 6.45) is 0. The Morgan fingerprint density at radius 1 is 1.04 bits per heavy atom. The number of hydrogen-bond donors (Lipinski definition) is 3. The van der Waals surface area contributed by atoms with Gasteiger partial charge >= 0.3 is 6.03 Å². The molecule has 3 amide bonds. The minimum atomic E-state index is -0.503. The zero-order valence-electron chi connectivity index (χ0n) is 13.6. The number of carbonyl (C=O) groups excluding carboxylic acids is 2. The van der Waals surface area contributed by atoms with E-state index in [1.807, 2.05) is 19.9 Å². The predicted octanol–water partition coefficient (Wildman–Crippen LogP) is 3.74. The highest BCUT2D eigenvalue weighted by Gasteiger charge is 2.08. The van der Waals surface area contributed by atoms with Gasteiger partial charge in [0, 0.05) is 18.2 Å². The Bertz CT molecular complexity index is 732. The summed E-state index contributed by atoms with van der Waals surface area (Å²) in [6.45, 7) is 3.88. The van der Waals surface area contributed by atoms with Gasteiger partial charge in [0.15, 0.2) is 0 Å². The van der Waals surface area contributed by atoms with Crippen molar-refractivity contribution in [1.82, 2.24) is 5.32 Å². The number of hydrogen-bond acceptors (Lipinski definition) is 2. The van der Waals surface area contributed by atoms with E-state index in [2.05, 4.69) is 16.0 Å². The molecule has 0 spiro atoms. The highest BCUT2D eigenvalue weighted by atomic mass is 19.1. The van der Waals surface area contributed by atoms with E-state index in [1.165, 1.54) is 12.1 Å². The molecule has 0 atom stereocenters. The number of amides is 3. The van der Waals surface area contributed by atoms with Crippen LogP contribution in [-0.4, -0.2) is 11.9 Å². The third-order valence-corrected chi connectivity index (χ3v) is 3.29. The van der Waals surface area contributed by atoms with Crippen molar-refractivity contribution in [1.29, 1.82) is 0 Å². The number of anilines is 2. The summed E-state index contributed by atoms with van der Waals surface area (Å²) < 4.78 is 13.5. The third-order valence-electron chi connectivity index (χ3n) is 3.29. The van der Waals surface area contributed by atoms with Crippen LogP contribution in [0.15, 0.2) is 48.5 Å². The summed E-state index contributed by atoms with van der Waals surface area (Å²) in [5, 5.41) is 7.90. The molecule has 0 saturated heterocycles. The lowest BCUT2D eigenvalue weighted by molar-refractivity contribution is -0.118. The van der Waals surface area contributed by atoms with Crippen LogP contribution in [0, 0.1) is 11.7 Å². The number of urea groups is 1. The van der Waals surface area contributed by atoms with E-state index >= 15 is 0 Å². The van der Waals surface area contributed by atoms with Gasteiger partial charge in [-0.05, 0) is 29.8 Å². The van der Waals surface area contributed by atoms with Crippen molar-refractivity contribution in [2.24, 2.45) is 5.92 Å². The molecule has 0 aliphatic rings. The Labute approximate surface area is 140 Å². The lowest BCUT2D eigenvalue weighted by atomic mass is 10.1. The quantitative estimate of drug-likeness (QED) is 0.782. The highest BCUT2D eigenvalue weighted by Crippen LogP contribution is 2.13. The molecule has 0 bridgehead atoms. The van der Waals surface area contributed by atoms with Crippen LogP contribution in [0.5, 0.6) is 0 Å². The molecule has 3 N–H and O–H groups in total. The Morgan fingerprint density at radius 2 is 1.79 bits per heavy atom. The molecule has 2 aromatic carbocycles. The molecular weight excluding hydrogens is 309 g/mol. The molecule has 0 aliphatic carbocycles. The van der Waals surface area contributed by atoms with Crippen LogP contribution in [0.1, 0.15) is 19.4 Å². The van der Waals surface area contributed by atoms with E-state index in [-0.39, 0.29) is 24.1 Å². The van der Waals surface area contributed by atoms with E-state index in [9.17, 15) is 14.0 Å². The van der Waals surface area contributed by atoms with Gasteiger partial charge in [-0.1, -0.05) is 38.1 Å². The lowest BCUT2D eigenvalue weighted by Gasteiger charge is -2.11. The Morgan fingerprint density at radius 3 is 2.50 bits per heavy atom. The van der Waals surface area contributed by atoms with Crippen molar-refractivity contribution in [2.75, 3.05) is 10.6 Å². The van der Waals surface area contributed by atoms with Crippen molar-refractivity contribution in [3.8, 4) is 0 Å². The van der Waals surface area contributed by atoms with Crippen molar-refractivity contribution in [3.05, 3.63) is 59.9 Å². The van der Waals surface area contributed by atoms with Gasteiger partial charge in [0.1, 0.15) is 5.82 Å². The maximum atomic E-state index is 13.5. The van der Waals surface area contributed by atoms with E-state index in [0.717, 1.165) is 5.56 Å². The topological polar surface area (TPSA) is 70.2 Å². The van der Waals surface area contributed by atoms with E-state index in [4.69, 9.17) is 0 Å². The first kappa shape index (κ1) is 17.5. The summed E-state index contributed by atoms with van der Waals surface area (Å²) in [7, 11) is 0. The fourth-order valence-electron chi connectivity index (χ4n) is 1.96. The van der Waals surface area contributed by atoms with E-state index in [1.54, 1.807) is 30.3 Å². The monoisotopic (exact) mass is 329 g/mol. The van der Waals surface area contributed by atoms with Gasteiger partial charge in [0.05, 0.1) is 5.69 Å². The fourth-order valence-corrected chi connectivity index (χ4v) is 1.96. The van der Waals surface area contributed by atoms with Crippen LogP contribution in [0.2, 0.25) is 0 Å². The van der Waals surface area contributed by atoms with Crippen molar-refractivity contribution < 1.29 is 14.0 Å². The van der Waals surface area contributed by atoms with Gasteiger partial charge in [-0.25, -0.2) is 9.18 Å². The summed E-state index contributed by atoms with van der Waals surface area (Å²) in [4.78, 5) is 23.5. The third kappa shape index (κ3) is 5.08. The van der Waals surface area contributed by atoms with Crippen LogP contribution >= 0.6 is 0 Å². The maximum absolute atomic E-state index is 13.5. The molecule has 0 aliphatic heterocycles. The minimum Gasteiger partial charge on any atom is -0.334 e. The first-order chi connectivity index (χ1) is 11.5. The summed E-state index contributed by atoms with van der Waals surface area (Å²) >= 11 is 0. The van der Waals surface area contributed by atoms with E-state index in [0.29, 0.717) is 5.69 Å². The number of carbonyl (C=O) groups is 2. The molecule has 0 aromatic heterocycles. The number of halogens is 1. The van der Waals surface area contributed by atoms with Gasteiger partial charge in [-0.2, -0.15) is 0 Å². The zero-order chi connectivity index (χ0) is 17.5. The van der Waals surface area contributed by atoms with Crippen molar-refractivity contribution in [2.45, 2.75) is 20.4 Å². The Balaban J connectivity index is 1.91. The molecule has 0 unspecified atom stereocenters. The molecule has 0 heterocycles. The predicted molar refractivity (Wildman–Crippen MR) is 92.2 cm³/mol. The van der Waals surface area contributed by atoms with E-state index < -0.39 is 11.8 Å². The number of benzene rings is 2. The molecule has 24 heavy (non-hydrogen) atoms. The zero-order valence-corrected chi connectivity index (χ0v) is 13.6. The highest BCUT2D eigenvalue weighted by molar-refractivity contribution is 5.92. The van der Waals surface area contributed by atoms with Crippen LogP contribution in [0.4, 0.5) is 20.6 Å². The van der Waals surface area contributed by atoms with Gasteiger partial charge in [-0.3, -0.25) is 4.79 Å². The minimum absolute atomic E-state index is 0.0718. The maximum Gasteiger partial charge on any atom is 0.319 e. The van der Waals surface area contributed by atoms with Gasteiger partial charge in [-0.15, -0.1) is 0 Å². The summed E-state index contributed by atoms with van der Waals surface area (Å²) in [6, 6.07) is 12.6. The molecule has 0 saturated carbocycles. The van der Waals surface area contributed by atoms with Crippen LogP contribution in [-0.2, 0) is 11.3 Å². The first-order valence-corrected chi connectivity index (χ1v) is 7.65. The Kier molecular flexibility index (Phi) is 5.89. The molecule has 0 radical (unpaired) electrons.